The number of benzene rings is 2. The number of sulfonamides is 1. The molecule has 0 radical (unpaired) electrons. The molecule has 2 aromatic carbocycles. The maximum absolute atomic E-state index is 13.4. The van der Waals surface area contributed by atoms with Crippen LogP contribution in [-0.4, -0.2) is 57.6 Å². The van der Waals surface area contributed by atoms with E-state index in [1.165, 1.54) is 4.90 Å². The van der Waals surface area contributed by atoms with Crippen molar-refractivity contribution in [1.29, 1.82) is 0 Å². The van der Waals surface area contributed by atoms with Crippen molar-refractivity contribution < 1.29 is 22.7 Å². The Hall–Kier alpha value is -3.07. The van der Waals surface area contributed by atoms with Crippen LogP contribution in [0, 0.1) is 5.92 Å². The van der Waals surface area contributed by atoms with E-state index in [0.717, 1.165) is 16.1 Å². The first-order chi connectivity index (χ1) is 15.5. The zero-order chi connectivity index (χ0) is 24.6. The zero-order valence-corrected chi connectivity index (χ0v) is 20.6. The van der Waals surface area contributed by atoms with Crippen molar-refractivity contribution in [2.75, 3.05) is 30.8 Å². The fraction of sp³-hybridized carbons (Fsp3) is 0.417. The van der Waals surface area contributed by atoms with Gasteiger partial charge in [-0.25, -0.2) is 8.42 Å². The number of anilines is 1. The summed E-state index contributed by atoms with van der Waals surface area (Å²) in [5.74, 6) is 0.0891. The smallest absolute Gasteiger partial charge is 0.244 e. The molecule has 0 aliphatic carbocycles. The Bertz CT molecular complexity index is 1040. The summed E-state index contributed by atoms with van der Waals surface area (Å²) >= 11 is 0. The molecule has 2 aromatic rings. The van der Waals surface area contributed by atoms with Gasteiger partial charge in [0.05, 0.1) is 19.1 Å². The summed E-state index contributed by atoms with van der Waals surface area (Å²) in [5.41, 5.74) is 1.14. The van der Waals surface area contributed by atoms with Gasteiger partial charge in [-0.05, 0) is 42.7 Å². The van der Waals surface area contributed by atoms with Crippen molar-refractivity contribution in [2.24, 2.45) is 5.92 Å². The molecule has 1 N–H and O–H groups in total. The van der Waals surface area contributed by atoms with Crippen LogP contribution in [0.25, 0.3) is 0 Å². The van der Waals surface area contributed by atoms with Crippen LogP contribution in [0.2, 0.25) is 0 Å². The molecular formula is C24H33N3O5S. The minimum Gasteiger partial charge on any atom is -0.497 e. The van der Waals surface area contributed by atoms with Crippen molar-refractivity contribution >= 4 is 27.5 Å². The highest BCUT2D eigenvalue weighted by atomic mass is 32.2. The van der Waals surface area contributed by atoms with Gasteiger partial charge in [0.1, 0.15) is 18.3 Å². The highest BCUT2D eigenvalue weighted by molar-refractivity contribution is 7.92. The lowest BCUT2D eigenvalue weighted by atomic mass is 10.1. The topological polar surface area (TPSA) is 96.0 Å². The Kier molecular flexibility index (Phi) is 9.28. The number of hydrogen-bond donors (Lipinski definition) is 1. The Morgan fingerprint density at radius 1 is 1.03 bits per heavy atom. The van der Waals surface area contributed by atoms with Gasteiger partial charge >= 0.3 is 0 Å². The summed E-state index contributed by atoms with van der Waals surface area (Å²) in [6, 6.07) is 14.8. The number of nitrogens with zero attached hydrogens (tertiary/aromatic N) is 2. The fourth-order valence-corrected chi connectivity index (χ4v) is 4.06. The van der Waals surface area contributed by atoms with Gasteiger partial charge in [-0.3, -0.25) is 13.9 Å². The van der Waals surface area contributed by atoms with Gasteiger partial charge in [0, 0.05) is 13.1 Å². The van der Waals surface area contributed by atoms with E-state index >= 15 is 0 Å². The van der Waals surface area contributed by atoms with Gasteiger partial charge in [-0.1, -0.05) is 44.2 Å². The normalized spacial score (nSPS) is 12.2. The Balaban J connectivity index is 2.35. The summed E-state index contributed by atoms with van der Waals surface area (Å²) < 4.78 is 31.3. The molecule has 1 atom stereocenters. The van der Waals surface area contributed by atoms with Crippen LogP contribution in [0.4, 0.5) is 5.69 Å². The molecule has 8 nitrogen and oxygen atoms in total. The maximum Gasteiger partial charge on any atom is 0.244 e. The second-order valence-electron chi connectivity index (χ2n) is 8.29. The van der Waals surface area contributed by atoms with E-state index in [2.05, 4.69) is 5.32 Å². The standard InChI is InChI=1S/C24H33N3O5S/c1-18(2)15-25-24(29)19(3)26(16-20-10-9-13-22(14-20)32-4)23(28)17-27(33(5,30)31)21-11-7-6-8-12-21/h6-14,18-19H,15-17H2,1-5H3,(H,25,29)/t19-/m1/s1. The molecule has 0 saturated carbocycles. The first-order valence-electron chi connectivity index (χ1n) is 10.8. The van der Waals surface area contributed by atoms with Gasteiger partial charge in [-0.2, -0.15) is 0 Å². The van der Waals surface area contributed by atoms with Gasteiger partial charge in [-0.15, -0.1) is 0 Å². The van der Waals surface area contributed by atoms with E-state index in [4.69, 9.17) is 4.74 Å². The molecule has 0 saturated heterocycles. The molecule has 0 aromatic heterocycles. The third-order valence-corrected chi connectivity index (χ3v) is 6.20. The molecule has 0 bridgehead atoms. The summed E-state index contributed by atoms with van der Waals surface area (Å²) in [6.45, 7) is 5.78. The highest BCUT2D eigenvalue weighted by Gasteiger charge is 2.30. The lowest BCUT2D eigenvalue weighted by Crippen LogP contribution is -2.51. The molecule has 0 aliphatic heterocycles. The Labute approximate surface area is 196 Å². The largest absolute Gasteiger partial charge is 0.497 e. The van der Waals surface area contributed by atoms with Crippen LogP contribution in [-0.2, 0) is 26.2 Å². The van der Waals surface area contributed by atoms with Crippen molar-refractivity contribution in [2.45, 2.75) is 33.4 Å². The van der Waals surface area contributed by atoms with Crippen LogP contribution >= 0.6 is 0 Å². The SMILES string of the molecule is COc1cccc(CN(C(=O)CN(c2ccccc2)S(C)(=O)=O)[C@H](C)C(=O)NCC(C)C)c1. The number of amides is 2. The van der Waals surface area contributed by atoms with E-state index in [9.17, 15) is 18.0 Å². The van der Waals surface area contributed by atoms with Gasteiger partial charge in [0.15, 0.2) is 0 Å². The average Bonchev–Trinajstić information content (AvgIpc) is 2.78. The quantitative estimate of drug-likeness (QED) is 0.539. The lowest BCUT2D eigenvalue weighted by Gasteiger charge is -2.31. The molecule has 0 spiro atoms. The number of hydrogen-bond acceptors (Lipinski definition) is 5. The number of nitrogens with one attached hydrogen (secondary N) is 1. The van der Waals surface area contributed by atoms with Crippen molar-refractivity contribution in [1.82, 2.24) is 10.2 Å². The summed E-state index contributed by atoms with van der Waals surface area (Å²) in [6.07, 6.45) is 1.05. The van der Waals surface area contributed by atoms with Crippen LogP contribution < -0.4 is 14.4 Å². The van der Waals surface area contributed by atoms with Gasteiger partial charge < -0.3 is 15.0 Å². The molecule has 0 aliphatic rings. The highest BCUT2D eigenvalue weighted by Crippen LogP contribution is 2.20. The predicted octanol–water partition coefficient (Wildman–Crippen LogP) is 2.65. The van der Waals surface area contributed by atoms with Crippen LogP contribution in [0.15, 0.2) is 54.6 Å². The van der Waals surface area contributed by atoms with E-state index in [1.54, 1.807) is 62.6 Å². The first-order valence-corrected chi connectivity index (χ1v) is 12.6. The minimum atomic E-state index is -3.73. The van der Waals surface area contributed by atoms with Gasteiger partial charge in [0.2, 0.25) is 21.8 Å². The number of para-hydroxylation sites is 1. The van der Waals surface area contributed by atoms with Gasteiger partial charge in [0.25, 0.3) is 0 Å². The monoisotopic (exact) mass is 475 g/mol. The molecular weight excluding hydrogens is 442 g/mol. The second kappa shape index (κ2) is 11.7. The van der Waals surface area contributed by atoms with E-state index in [0.29, 0.717) is 18.0 Å². The number of rotatable bonds is 11. The molecule has 0 unspecified atom stereocenters. The lowest BCUT2D eigenvalue weighted by molar-refractivity contribution is -0.139. The van der Waals surface area contributed by atoms with Crippen LogP contribution in [0.5, 0.6) is 5.75 Å². The van der Waals surface area contributed by atoms with Crippen LogP contribution in [0.3, 0.4) is 0 Å². The summed E-state index contributed by atoms with van der Waals surface area (Å²) in [5, 5.41) is 2.85. The number of ether oxygens (including phenoxy) is 1. The fourth-order valence-electron chi connectivity index (χ4n) is 3.21. The molecule has 33 heavy (non-hydrogen) atoms. The molecule has 0 fully saturated rings. The Morgan fingerprint density at radius 3 is 2.27 bits per heavy atom. The van der Waals surface area contributed by atoms with Crippen molar-refractivity contribution in [3.8, 4) is 5.75 Å². The average molecular weight is 476 g/mol. The number of carbonyl (C=O) groups is 2. The van der Waals surface area contributed by atoms with Crippen molar-refractivity contribution in [3.05, 3.63) is 60.2 Å². The third-order valence-electron chi connectivity index (χ3n) is 5.06. The maximum atomic E-state index is 13.4. The zero-order valence-electron chi connectivity index (χ0n) is 19.8. The summed E-state index contributed by atoms with van der Waals surface area (Å²) in [4.78, 5) is 27.6. The van der Waals surface area contributed by atoms with E-state index < -0.39 is 28.5 Å². The second-order valence-corrected chi connectivity index (χ2v) is 10.2. The molecule has 2 amide bonds. The third kappa shape index (κ3) is 7.78. The van der Waals surface area contributed by atoms with Crippen molar-refractivity contribution in [3.63, 3.8) is 0 Å². The molecule has 2 rings (SSSR count). The Morgan fingerprint density at radius 2 is 1.70 bits per heavy atom. The molecule has 180 valence electrons. The van der Waals surface area contributed by atoms with Crippen LogP contribution in [0.1, 0.15) is 26.3 Å². The molecule has 9 heteroatoms. The predicted molar refractivity (Wildman–Crippen MR) is 129 cm³/mol. The van der Waals surface area contributed by atoms with E-state index in [-0.39, 0.29) is 18.4 Å². The number of methoxy groups -OCH3 is 1. The molecule has 0 heterocycles. The number of carbonyl (C=O) groups excluding carboxylic acids is 2. The summed E-state index contributed by atoms with van der Waals surface area (Å²) in [7, 11) is -2.18. The van der Waals surface area contributed by atoms with E-state index in [1.807, 2.05) is 19.9 Å². The first kappa shape index (κ1) is 26.2. The minimum absolute atomic E-state index is 0.124.